The highest BCUT2D eigenvalue weighted by atomic mass is 15.2. The van der Waals surface area contributed by atoms with E-state index >= 15 is 0 Å². The molecule has 15 rings (SSSR count). The van der Waals surface area contributed by atoms with Crippen LogP contribution >= 0.6 is 0 Å². The van der Waals surface area contributed by atoms with Gasteiger partial charge in [0.2, 0.25) is 0 Å². The van der Waals surface area contributed by atoms with Gasteiger partial charge >= 0.3 is 0 Å². The summed E-state index contributed by atoms with van der Waals surface area (Å²) in [5, 5.41) is 2.49. The molecule has 0 aromatic heterocycles. The van der Waals surface area contributed by atoms with E-state index in [0.29, 0.717) is 5.92 Å². The third kappa shape index (κ3) is 7.53. The fourth-order valence-corrected chi connectivity index (χ4v) is 11.8. The summed E-state index contributed by atoms with van der Waals surface area (Å²) in [7, 11) is 0. The molecule has 0 atom stereocenters. The van der Waals surface area contributed by atoms with Gasteiger partial charge in [0.25, 0.3) is 0 Å². The third-order valence-electron chi connectivity index (χ3n) is 15.4. The first kappa shape index (κ1) is 41.3. The SMILES string of the molecule is CC1(C)c2ccccc2-c2cc(-c3ccccc3)c(N(c3cc4ccc3CCc3ccc(c(N(c5ccccc5)c5ccc(C6CCCCC6)cc5)c3)CC4)c3cccc4ccccc34)cc21. The van der Waals surface area contributed by atoms with Crippen LogP contribution in [-0.4, -0.2) is 0 Å². The molecule has 0 unspecified atom stereocenters. The molecule has 2 heteroatoms. The lowest BCUT2D eigenvalue weighted by Gasteiger charge is -2.33. The number of nitrogens with zero attached hydrogens (tertiary/aromatic N) is 2. The molecule has 9 aromatic rings. The van der Waals surface area contributed by atoms with Gasteiger partial charge in [0, 0.05) is 39.1 Å². The normalized spacial score (nSPS) is 15.1. The second kappa shape index (κ2) is 17.2. The van der Waals surface area contributed by atoms with E-state index in [-0.39, 0.29) is 5.41 Å². The number of aryl methyl sites for hydroxylation is 4. The second-order valence-corrected chi connectivity index (χ2v) is 19.8. The molecule has 4 bridgehead atoms. The quantitative estimate of drug-likeness (QED) is 0.150. The van der Waals surface area contributed by atoms with Gasteiger partial charge in [0.05, 0.1) is 11.4 Å². The summed E-state index contributed by atoms with van der Waals surface area (Å²) in [6.07, 6.45) is 10.4. The number of hydrogen-bond donors (Lipinski definition) is 0. The molecule has 0 saturated heterocycles. The Kier molecular flexibility index (Phi) is 10.6. The van der Waals surface area contributed by atoms with E-state index in [0.717, 1.165) is 25.7 Å². The number of fused-ring (bicyclic) bond motifs is 4. The van der Waals surface area contributed by atoms with Crippen molar-refractivity contribution in [2.75, 3.05) is 9.80 Å². The van der Waals surface area contributed by atoms with Gasteiger partial charge in [-0.2, -0.15) is 0 Å². The van der Waals surface area contributed by atoms with Crippen molar-refractivity contribution in [1.29, 1.82) is 0 Å². The maximum Gasteiger partial charge on any atom is 0.0543 e. The zero-order valence-corrected chi connectivity index (χ0v) is 38.9. The van der Waals surface area contributed by atoms with Crippen molar-refractivity contribution in [3.05, 3.63) is 239 Å². The number of anilines is 6. The lowest BCUT2D eigenvalue weighted by molar-refractivity contribution is 0.443. The smallest absolute Gasteiger partial charge is 0.0543 e. The third-order valence-corrected chi connectivity index (χ3v) is 15.4. The second-order valence-electron chi connectivity index (χ2n) is 19.8. The Labute approximate surface area is 397 Å². The summed E-state index contributed by atoms with van der Waals surface area (Å²) in [6.45, 7) is 4.81. The maximum absolute atomic E-state index is 2.63. The fraction of sp³-hybridized carbons (Fsp3) is 0.200. The molecule has 0 radical (unpaired) electrons. The van der Waals surface area contributed by atoms with Crippen molar-refractivity contribution < 1.29 is 0 Å². The summed E-state index contributed by atoms with van der Waals surface area (Å²) in [5.74, 6) is 0.682. The predicted octanol–water partition coefficient (Wildman–Crippen LogP) is 17.7. The Hall–Kier alpha value is -7.16. The largest absolute Gasteiger partial charge is 0.310 e. The molecule has 1 fully saturated rings. The van der Waals surface area contributed by atoms with Crippen molar-refractivity contribution in [2.24, 2.45) is 0 Å². The standard InChI is InChI=1S/C65H58N2/c1-65(2)59-27-15-14-26-56(59)58-43-57(50-19-8-4-9-20-50)64(44-60(58)65)67(61-28-16-22-49-21-12-13-25-55(49)61)63-42-46-30-34-51-33-29-45(31-35-52(63)36-32-46)41-62(51)66(53-23-10-5-11-24-53)54-39-37-48(38-40-54)47-17-6-3-7-18-47/h4-5,8-16,19-29,32-33,36-44,47H,3,6-7,17-18,30-31,34-35H2,1-2H3. The molecular weight excluding hydrogens is 809 g/mol. The van der Waals surface area contributed by atoms with Crippen molar-refractivity contribution in [3.8, 4) is 22.3 Å². The number of hydrogen-bond acceptors (Lipinski definition) is 2. The monoisotopic (exact) mass is 866 g/mol. The van der Waals surface area contributed by atoms with Crippen LogP contribution in [0.15, 0.2) is 200 Å². The minimum absolute atomic E-state index is 0.156. The molecule has 0 spiro atoms. The van der Waals surface area contributed by atoms with E-state index in [1.807, 2.05) is 0 Å². The van der Waals surface area contributed by atoms with Crippen molar-refractivity contribution >= 4 is 44.9 Å². The molecule has 6 aliphatic carbocycles. The molecule has 0 amide bonds. The van der Waals surface area contributed by atoms with Crippen LogP contribution in [0, 0.1) is 0 Å². The molecule has 0 heterocycles. The van der Waals surface area contributed by atoms with Crippen LogP contribution in [0.1, 0.15) is 90.8 Å². The Bertz CT molecular complexity index is 3240. The fourth-order valence-electron chi connectivity index (χ4n) is 11.8. The molecule has 2 nitrogen and oxygen atoms in total. The number of benzene rings is 9. The molecule has 9 aromatic carbocycles. The predicted molar refractivity (Wildman–Crippen MR) is 283 cm³/mol. The highest BCUT2D eigenvalue weighted by Gasteiger charge is 2.37. The first-order valence-electron chi connectivity index (χ1n) is 24.8. The summed E-state index contributed by atoms with van der Waals surface area (Å²) in [5.41, 5.74) is 22.0. The molecular formula is C65H58N2. The molecule has 328 valence electrons. The van der Waals surface area contributed by atoms with E-state index < -0.39 is 0 Å². The van der Waals surface area contributed by atoms with Gasteiger partial charge in [-0.15, -0.1) is 0 Å². The van der Waals surface area contributed by atoms with Crippen LogP contribution < -0.4 is 9.80 Å². The van der Waals surface area contributed by atoms with Gasteiger partial charge in [-0.05, 0) is 160 Å². The van der Waals surface area contributed by atoms with Gasteiger partial charge in [-0.3, -0.25) is 0 Å². The topological polar surface area (TPSA) is 6.48 Å². The van der Waals surface area contributed by atoms with Gasteiger partial charge < -0.3 is 9.80 Å². The van der Waals surface area contributed by atoms with E-state index in [4.69, 9.17) is 0 Å². The molecule has 0 aliphatic heterocycles. The van der Waals surface area contributed by atoms with E-state index in [9.17, 15) is 0 Å². The lowest BCUT2D eigenvalue weighted by atomic mass is 9.81. The minimum Gasteiger partial charge on any atom is -0.310 e. The van der Waals surface area contributed by atoms with Crippen molar-refractivity contribution in [1.82, 2.24) is 0 Å². The lowest BCUT2D eigenvalue weighted by Crippen LogP contribution is -2.18. The summed E-state index contributed by atoms with van der Waals surface area (Å²) >= 11 is 0. The van der Waals surface area contributed by atoms with E-state index in [1.165, 1.54) is 138 Å². The maximum atomic E-state index is 2.63. The first-order valence-corrected chi connectivity index (χ1v) is 24.8. The zero-order chi connectivity index (χ0) is 44.9. The molecule has 0 N–H and O–H groups in total. The summed E-state index contributed by atoms with van der Waals surface area (Å²) in [4.78, 5) is 5.15. The average Bonchev–Trinajstić information content (AvgIpc) is 3.60. The Morgan fingerprint density at radius 2 is 1.01 bits per heavy atom. The van der Waals surface area contributed by atoms with Crippen molar-refractivity contribution in [3.63, 3.8) is 0 Å². The summed E-state index contributed by atoms with van der Waals surface area (Å²) in [6, 6.07) is 76.2. The van der Waals surface area contributed by atoms with Crippen LogP contribution in [0.5, 0.6) is 0 Å². The summed E-state index contributed by atoms with van der Waals surface area (Å²) < 4.78 is 0. The molecule has 67 heavy (non-hydrogen) atoms. The highest BCUT2D eigenvalue weighted by molar-refractivity contribution is 6.03. The van der Waals surface area contributed by atoms with Crippen LogP contribution in [0.4, 0.5) is 34.1 Å². The average molecular weight is 867 g/mol. The van der Waals surface area contributed by atoms with E-state index in [2.05, 4.69) is 224 Å². The van der Waals surface area contributed by atoms with Gasteiger partial charge in [-0.25, -0.2) is 0 Å². The van der Waals surface area contributed by atoms with Crippen LogP contribution in [0.3, 0.4) is 0 Å². The van der Waals surface area contributed by atoms with E-state index in [1.54, 1.807) is 0 Å². The Morgan fingerprint density at radius 1 is 0.403 bits per heavy atom. The number of para-hydroxylation sites is 1. The van der Waals surface area contributed by atoms with Gasteiger partial charge in [-0.1, -0.05) is 179 Å². The van der Waals surface area contributed by atoms with Crippen LogP contribution in [-0.2, 0) is 31.1 Å². The van der Waals surface area contributed by atoms with Crippen LogP contribution in [0.2, 0.25) is 0 Å². The van der Waals surface area contributed by atoms with Crippen molar-refractivity contribution in [2.45, 2.75) is 83.0 Å². The van der Waals surface area contributed by atoms with Gasteiger partial charge in [0.1, 0.15) is 0 Å². The zero-order valence-electron chi connectivity index (χ0n) is 38.9. The van der Waals surface area contributed by atoms with Crippen LogP contribution in [0.25, 0.3) is 33.0 Å². The Morgan fingerprint density at radius 3 is 1.75 bits per heavy atom. The molecule has 6 aliphatic rings. The minimum atomic E-state index is -0.156. The van der Waals surface area contributed by atoms with Gasteiger partial charge in [0.15, 0.2) is 0 Å². The molecule has 1 saturated carbocycles. The first-order chi connectivity index (χ1) is 33.0. The number of rotatable bonds is 8. The highest BCUT2D eigenvalue weighted by Crippen LogP contribution is 2.54. The Balaban J connectivity index is 1.00.